The number of hydrogen-bond acceptors (Lipinski definition) is 5. The predicted octanol–water partition coefficient (Wildman–Crippen LogP) is 3.33. The van der Waals surface area contributed by atoms with Crippen LogP contribution in [0.25, 0.3) is 11.0 Å². The Hall–Kier alpha value is -3.12. The van der Waals surface area contributed by atoms with Crippen molar-refractivity contribution in [2.24, 2.45) is 0 Å². The Balaban J connectivity index is 1.48. The quantitative estimate of drug-likeness (QED) is 0.564. The minimum Gasteiger partial charge on any atom is -0.484 e. The molecule has 0 saturated carbocycles. The van der Waals surface area contributed by atoms with E-state index < -0.39 is 5.63 Å². The lowest BCUT2D eigenvalue weighted by atomic mass is 10.1. The van der Waals surface area contributed by atoms with E-state index in [1.165, 1.54) is 11.6 Å². The first-order valence-corrected chi connectivity index (χ1v) is 9.81. The Morgan fingerprint density at radius 1 is 1.00 bits per heavy atom. The topological polar surface area (TPSA) is 71.8 Å². The Kier molecular flexibility index (Phi) is 7.03. The monoisotopic (exact) mass is 394 g/mol. The van der Waals surface area contributed by atoms with Gasteiger partial charge < -0.3 is 14.5 Å². The van der Waals surface area contributed by atoms with Crippen molar-refractivity contribution in [2.45, 2.75) is 26.9 Å². The number of amides is 1. The number of benzene rings is 2. The lowest BCUT2D eigenvalue weighted by Gasteiger charge is -2.18. The van der Waals surface area contributed by atoms with Crippen molar-refractivity contribution in [3.63, 3.8) is 0 Å². The molecular weight excluding hydrogens is 368 g/mol. The molecule has 1 amide bonds. The van der Waals surface area contributed by atoms with Gasteiger partial charge in [0.25, 0.3) is 5.91 Å². The molecule has 0 fully saturated rings. The molecule has 0 radical (unpaired) electrons. The first-order chi connectivity index (χ1) is 14.1. The maximum atomic E-state index is 12.1. The molecule has 152 valence electrons. The molecule has 0 aliphatic rings. The van der Waals surface area contributed by atoms with E-state index in [0.29, 0.717) is 17.9 Å². The van der Waals surface area contributed by atoms with Gasteiger partial charge in [-0.25, -0.2) is 4.79 Å². The van der Waals surface area contributed by atoms with Gasteiger partial charge in [-0.1, -0.05) is 38.1 Å². The number of ether oxygens (including phenoxy) is 1. The maximum absolute atomic E-state index is 12.1. The Morgan fingerprint density at radius 2 is 1.69 bits per heavy atom. The summed E-state index contributed by atoms with van der Waals surface area (Å²) in [7, 11) is 0. The minimum atomic E-state index is -0.421. The van der Waals surface area contributed by atoms with Gasteiger partial charge in [-0.3, -0.25) is 9.69 Å². The fourth-order valence-electron chi connectivity index (χ4n) is 3.00. The molecule has 0 atom stereocenters. The van der Waals surface area contributed by atoms with E-state index >= 15 is 0 Å². The molecule has 0 aliphatic carbocycles. The smallest absolute Gasteiger partial charge is 0.336 e. The number of nitrogens with one attached hydrogen (secondary N) is 1. The van der Waals surface area contributed by atoms with E-state index in [2.05, 4.69) is 36.2 Å². The standard InChI is InChI=1S/C23H26N2O4/c1-3-25(4-2)15-18-7-5-17(6-8-18)14-24-22(26)16-28-20-11-9-19-10-12-23(27)29-21(19)13-20/h5-13H,3-4,14-16H2,1-2H3,(H,24,26). The van der Waals surface area contributed by atoms with Gasteiger partial charge in [-0.2, -0.15) is 0 Å². The van der Waals surface area contributed by atoms with Crippen LogP contribution in [0.3, 0.4) is 0 Å². The second-order valence-electron chi connectivity index (χ2n) is 6.80. The van der Waals surface area contributed by atoms with Gasteiger partial charge >= 0.3 is 5.63 Å². The van der Waals surface area contributed by atoms with Crippen molar-refractivity contribution < 1.29 is 13.9 Å². The molecule has 0 unspecified atom stereocenters. The fraction of sp³-hybridized carbons (Fsp3) is 0.304. The SMILES string of the molecule is CCN(CC)Cc1ccc(CNC(=O)COc2ccc3ccc(=O)oc3c2)cc1. The number of carbonyl (C=O) groups excluding carboxylic acids is 1. The summed E-state index contributed by atoms with van der Waals surface area (Å²) in [6.07, 6.45) is 0. The lowest BCUT2D eigenvalue weighted by molar-refractivity contribution is -0.123. The van der Waals surface area contributed by atoms with Crippen LogP contribution in [0, 0.1) is 0 Å². The summed E-state index contributed by atoms with van der Waals surface area (Å²) in [5.74, 6) is 0.259. The van der Waals surface area contributed by atoms with E-state index in [1.807, 2.05) is 12.1 Å². The van der Waals surface area contributed by atoms with Crippen LogP contribution in [0.5, 0.6) is 5.75 Å². The van der Waals surface area contributed by atoms with E-state index in [-0.39, 0.29) is 12.5 Å². The summed E-state index contributed by atoms with van der Waals surface area (Å²) in [6.45, 7) is 7.63. The van der Waals surface area contributed by atoms with E-state index in [4.69, 9.17) is 9.15 Å². The zero-order valence-corrected chi connectivity index (χ0v) is 16.8. The number of hydrogen-bond donors (Lipinski definition) is 1. The van der Waals surface area contributed by atoms with Crippen molar-refractivity contribution in [1.82, 2.24) is 10.2 Å². The highest BCUT2D eigenvalue weighted by Crippen LogP contribution is 2.19. The molecule has 0 bridgehead atoms. The van der Waals surface area contributed by atoms with Crippen LogP contribution in [-0.2, 0) is 17.9 Å². The van der Waals surface area contributed by atoms with E-state index in [9.17, 15) is 9.59 Å². The van der Waals surface area contributed by atoms with E-state index in [0.717, 1.165) is 30.6 Å². The average molecular weight is 394 g/mol. The molecule has 1 N–H and O–H groups in total. The van der Waals surface area contributed by atoms with Crippen molar-refractivity contribution in [1.29, 1.82) is 0 Å². The predicted molar refractivity (Wildman–Crippen MR) is 113 cm³/mol. The van der Waals surface area contributed by atoms with Crippen molar-refractivity contribution >= 4 is 16.9 Å². The third kappa shape index (κ3) is 5.93. The van der Waals surface area contributed by atoms with Crippen LogP contribution in [0.1, 0.15) is 25.0 Å². The summed E-state index contributed by atoms with van der Waals surface area (Å²) >= 11 is 0. The van der Waals surface area contributed by atoms with Gasteiger partial charge in [0, 0.05) is 30.6 Å². The summed E-state index contributed by atoms with van der Waals surface area (Å²) in [6, 6.07) is 16.4. The van der Waals surface area contributed by atoms with Gasteiger partial charge in [0.05, 0.1) is 0 Å². The summed E-state index contributed by atoms with van der Waals surface area (Å²) in [5, 5.41) is 3.65. The molecule has 0 aliphatic heterocycles. The largest absolute Gasteiger partial charge is 0.484 e. The van der Waals surface area contributed by atoms with Crippen LogP contribution in [0.2, 0.25) is 0 Å². The van der Waals surface area contributed by atoms with Crippen molar-refractivity contribution in [3.05, 3.63) is 76.1 Å². The number of fused-ring (bicyclic) bond motifs is 1. The van der Waals surface area contributed by atoms with E-state index in [1.54, 1.807) is 24.3 Å². The molecule has 0 spiro atoms. The van der Waals surface area contributed by atoms with Gasteiger partial charge in [-0.15, -0.1) is 0 Å². The van der Waals surface area contributed by atoms with Crippen LogP contribution in [-0.4, -0.2) is 30.5 Å². The third-order valence-electron chi connectivity index (χ3n) is 4.78. The number of nitrogens with zero attached hydrogens (tertiary/aromatic N) is 1. The molecule has 0 saturated heterocycles. The number of rotatable bonds is 9. The summed E-state index contributed by atoms with van der Waals surface area (Å²) in [5.41, 5.74) is 2.31. The van der Waals surface area contributed by atoms with Crippen LogP contribution in [0.4, 0.5) is 0 Å². The first-order valence-electron chi connectivity index (χ1n) is 9.81. The highest BCUT2D eigenvalue weighted by Gasteiger charge is 2.06. The van der Waals surface area contributed by atoms with Crippen LogP contribution >= 0.6 is 0 Å². The second kappa shape index (κ2) is 9.89. The molecule has 1 aromatic heterocycles. The lowest BCUT2D eigenvalue weighted by Crippen LogP contribution is -2.28. The van der Waals surface area contributed by atoms with Gasteiger partial charge in [0.15, 0.2) is 6.61 Å². The van der Waals surface area contributed by atoms with Crippen LogP contribution < -0.4 is 15.7 Å². The molecule has 3 rings (SSSR count). The molecule has 2 aromatic carbocycles. The van der Waals surface area contributed by atoms with Gasteiger partial charge in [0.2, 0.25) is 0 Å². The highest BCUT2D eigenvalue weighted by molar-refractivity contribution is 5.79. The zero-order valence-electron chi connectivity index (χ0n) is 16.8. The number of carbonyl (C=O) groups is 1. The molecule has 29 heavy (non-hydrogen) atoms. The first kappa shape index (κ1) is 20.6. The molecule has 3 aromatic rings. The molecular formula is C23H26N2O4. The Labute approximate surface area is 170 Å². The molecule has 1 heterocycles. The molecule has 6 nitrogen and oxygen atoms in total. The average Bonchev–Trinajstić information content (AvgIpc) is 2.75. The van der Waals surface area contributed by atoms with Crippen molar-refractivity contribution in [3.8, 4) is 5.75 Å². The third-order valence-corrected chi connectivity index (χ3v) is 4.78. The summed E-state index contributed by atoms with van der Waals surface area (Å²) in [4.78, 5) is 25.7. The zero-order chi connectivity index (χ0) is 20.6. The van der Waals surface area contributed by atoms with Gasteiger partial charge in [-0.05, 0) is 42.4 Å². The fourth-order valence-corrected chi connectivity index (χ4v) is 3.00. The van der Waals surface area contributed by atoms with Crippen LogP contribution in [0.15, 0.2) is 63.8 Å². The van der Waals surface area contributed by atoms with Gasteiger partial charge in [0.1, 0.15) is 11.3 Å². The molecule has 6 heteroatoms. The maximum Gasteiger partial charge on any atom is 0.336 e. The highest BCUT2D eigenvalue weighted by atomic mass is 16.5. The minimum absolute atomic E-state index is 0.109. The summed E-state index contributed by atoms with van der Waals surface area (Å²) < 4.78 is 10.6. The second-order valence-corrected chi connectivity index (χ2v) is 6.80. The van der Waals surface area contributed by atoms with Crippen molar-refractivity contribution in [2.75, 3.05) is 19.7 Å². The Morgan fingerprint density at radius 3 is 2.41 bits per heavy atom. The Bertz CT molecular complexity index is 1010. The normalized spacial score (nSPS) is 11.0.